The van der Waals surface area contributed by atoms with Crippen molar-refractivity contribution in [2.24, 2.45) is 5.73 Å². The van der Waals surface area contributed by atoms with Gasteiger partial charge in [-0.25, -0.2) is 4.98 Å². The fourth-order valence-electron chi connectivity index (χ4n) is 1.89. The number of hydrogen-bond acceptors (Lipinski definition) is 3. The summed E-state index contributed by atoms with van der Waals surface area (Å²) in [5, 5.41) is 0. The zero-order valence-electron chi connectivity index (χ0n) is 10.8. The van der Waals surface area contributed by atoms with Gasteiger partial charge in [-0.3, -0.25) is 0 Å². The van der Waals surface area contributed by atoms with Gasteiger partial charge >= 0.3 is 0 Å². The van der Waals surface area contributed by atoms with Crippen LogP contribution in [0.25, 0.3) is 0 Å². The Labute approximate surface area is 98.7 Å². The van der Waals surface area contributed by atoms with Crippen molar-refractivity contribution in [2.45, 2.75) is 46.7 Å². The van der Waals surface area contributed by atoms with Crippen LogP contribution in [0.4, 0.5) is 5.82 Å². The molecular formula is C13H23N3. The Kier molecular flexibility index (Phi) is 4.74. The van der Waals surface area contributed by atoms with Crippen molar-refractivity contribution in [1.82, 2.24) is 4.98 Å². The average Bonchev–Trinajstić information content (AvgIpc) is 2.26. The van der Waals surface area contributed by atoms with Gasteiger partial charge in [-0.05, 0) is 44.4 Å². The molecule has 0 unspecified atom stereocenters. The molecule has 0 aliphatic carbocycles. The first kappa shape index (κ1) is 13.0. The van der Waals surface area contributed by atoms with E-state index in [0.29, 0.717) is 12.6 Å². The molecule has 3 heteroatoms. The van der Waals surface area contributed by atoms with Crippen LogP contribution in [-0.2, 0) is 6.54 Å². The lowest BCUT2D eigenvalue weighted by atomic mass is 10.1. The Morgan fingerprint density at radius 3 is 2.56 bits per heavy atom. The van der Waals surface area contributed by atoms with E-state index in [0.717, 1.165) is 24.3 Å². The van der Waals surface area contributed by atoms with Gasteiger partial charge in [0.1, 0.15) is 5.82 Å². The molecule has 0 radical (unpaired) electrons. The summed E-state index contributed by atoms with van der Waals surface area (Å²) in [4.78, 5) is 6.88. The zero-order chi connectivity index (χ0) is 12.1. The van der Waals surface area contributed by atoms with E-state index >= 15 is 0 Å². The Morgan fingerprint density at radius 2 is 2.12 bits per heavy atom. The molecule has 3 nitrogen and oxygen atoms in total. The average molecular weight is 221 g/mol. The summed E-state index contributed by atoms with van der Waals surface area (Å²) in [5.41, 5.74) is 7.92. The predicted molar refractivity (Wildman–Crippen MR) is 69.6 cm³/mol. The number of rotatable bonds is 5. The topological polar surface area (TPSA) is 42.2 Å². The fourth-order valence-corrected chi connectivity index (χ4v) is 1.89. The maximum atomic E-state index is 5.61. The van der Waals surface area contributed by atoms with Gasteiger partial charge < -0.3 is 10.6 Å². The quantitative estimate of drug-likeness (QED) is 0.830. The second-order valence-electron chi connectivity index (χ2n) is 4.48. The summed E-state index contributed by atoms with van der Waals surface area (Å²) < 4.78 is 0. The van der Waals surface area contributed by atoms with Crippen LogP contribution in [0.5, 0.6) is 0 Å². The van der Waals surface area contributed by atoms with Crippen molar-refractivity contribution in [3.8, 4) is 0 Å². The van der Waals surface area contributed by atoms with Crippen LogP contribution < -0.4 is 10.6 Å². The number of hydrogen-bond donors (Lipinski definition) is 1. The molecule has 0 amide bonds. The minimum Gasteiger partial charge on any atom is -0.354 e. The van der Waals surface area contributed by atoms with Crippen LogP contribution in [0.15, 0.2) is 12.3 Å². The Hall–Kier alpha value is -1.09. The molecule has 0 spiro atoms. The molecule has 1 aromatic heterocycles. The van der Waals surface area contributed by atoms with Gasteiger partial charge in [0.2, 0.25) is 0 Å². The molecule has 2 N–H and O–H groups in total. The SMILES string of the molecule is CCCN(c1ncc(CN)cc1C)C(C)C. The van der Waals surface area contributed by atoms with Crippen molar-refractivity contribution < 1.29 is 0 Å². The standard InChI is InChI=1S/C13H23N3/c1-5-6-16(10(2)3)13-11(4)7-12(8-14)9-15-13/h7,9-10H,5-6,8,14H2,1-4H3. The molecule has 16 heavy (non-hydrogen) atoms. The van der Waals surface area contributed by atoms with Crippen LogP contribution in [0, 0.1) is 6.92 Å². The van der Waals surface area contributed by atoms with E-state index in [4.69, 9.17) is 5.73 Å². The van der Waals surface area contributed by atoms with Crippen molar-refractivity contribution in [3.05, 3.63) is 23.4 Å². The van der Waals surface area contributed by atoms with Gasteiger partial charge in [-0.2, -0.15) is 0 Å². The van der Waals surface area contributed by atoms with Gasteiger partial charge in [0, 0.05) is 25.3 Å². The molecule has 0 aliphatic heterocycles. The molecular weight excluding hydrogens is 198 g/mol. The molecule has 1 heterocycles. The molecule has 90 valence electrons. The smallest absolute Gasteiger partial charge is 0.131 e. The summed E-state index contributed by atoms with van der Waals surface area (Å²) in [7, 11) is 0. The molecule has 1 rings (SSSR count). The third-order valence-corrected chi connectivity index (χ3v) is 2.70. The monoisotopic (exact) mass is 221 g/mol. The maximum Gasteiger partial charge on any atom is 0.131 e. The van der Waals surface area contributed by atoms with Gasteiger partial charge in [-0.15, -0.1) is 0 Å². The van der Waals surface area contributed by atoms with Crippen LogP contribution in [-0.4, -0.2) is 17.6 Å². The summed E-state index contributed by atoms with van der Waals surface area (Å²) >= 11 is 0. The minimum atomic E-state index is 0.481. The first-order chi connectivity index (χ1) is 7.60. The van der Waals surface area contributed by atoms with E-state index in [1.807, 2.05) is 6.20 Å². The summed E-state index contributed by atoms with van der Waals surface area (Å²) in [6.07, 6.45) is 3.02. The normalized spacial score (nSPS) is 10.9. The summed E-state index contributed by atoms with van der Waals surface area (Å²) in [5.74, 6) is 1.09. The highest BCUT2D eigenvalue weighted by molar-refractivity contribution is 5.48. The number of anilines is 1. The molecule has 0 fully saturated rings. The van der Waals surface area contributed by atoms with E-state index in [9.17, 15) is 0 Å². The molecule has 0 saturated carbocycles. The highest BCUT2D eigenvalue weighted by Crippen LogP contribution is 2.20. The lowest BCUT2D eigenvalue weighted by Crippen LogP contribution is -2.32. The van der Waals surface area contributed by atoms with Crippen LogP contribution in [0.2, 0.25) is 0 Å². The molecule has 0 atom stereocenters. The van der Waals surface area contributed by atoms with Crippen LogP contribution in [0.3, 0.4) is 0 Å². The predicted octanol–water partition coefficient (Wildman–Crippen LogP) is 2.47. The molecule has 0 aliphatic rings. The minimum absolute atomic E-state index is 0.481. The highest BCUT2D eigenvalue weighted by atomic mass is 15.2. The number of nitrogens with zero attached hydrogens (tertiary/aromatic N) is 2. The number of pyridine rings is 1. The maximum absolute atomic E-state index is 5.61. The second-order valence-corrected chi connectivity index (χ2v) is 4.48. The Morgan fingerprint density at radius 1 is 1.44 bits per heavy atom. The van der Waals surface area contributed by atoms with Crippen molar-refractivity contribution in [1.29, 1.82) is 0 Å². The third kappa shape index (κ3) is 2.95. The summed E-state index contributed by atoms with van der Waals surface area (Å²) in [6.45, 7) is 10.3. The van der Waals surface area contributed by atoms with E-state index in [2.05, 4.69) is 43.6 Å². The summed E-state index contributed by atoms with van der Waals surface area (Å²) in [6, 6.07) is 2.61. The third-order valence-electron chi connectivity index (χ3n) is 2.70. The van der Waals surface area contributed by atoms with E-state index in [1.54, 1.807) is 0 Å². The van der Waals surface area contributed by atoms with Crippen molar-refractivity contribution >= 4 is 5.82 Å². The molecule has 0 aromatic carbocycles. The fraction of sp³-hybridized carbons (Fsp3) is 0.615. The lowest BCUT2D eigenvalue weighted by Gasteiger charge is -2.29. The van der Waals surface area contributed by atoms with E-state index < -0.39 is 0 Å². The number of aryl methyl sites for hydroxylation is 1. The largest absolute Gasteiger partial charge is 0.354 e. The van der Waals surface area contributed by atoms with Crippen molar-refractivity contribution in [2.75, 3.05) is 11.4 Å². The van der Waals surface area contributed by atoms with Crippen molar-refractivity contribution in [3.63, 3.8) is 0 Å². The van der Waals surface area contributed by atoms with Gasteiger partial charge in [0.25, 0.3) is 0 Å². The van der Waals surface area contributed by atoms with Crippen LogP contribution in [0.1, 0.15) is 38.3 Å². The first-order valence-corrected chi connectivity index (χ1v) is 6.02. The Balaban J connectivity index is 3.00. The molecule has 1 aromatic rings. The van der Waals surface area contributed by atoms with Gasteiger partial charge in [-0.1, -0.05) is 6.92 Å². The van der Waals surface area contributed by atoms with Crippen LogP contribution >= 0.6 is 0 Å². The second kappa shape index (κ2) is 5.85. The van der Waals surface area contributed by atoms with E-state index in [1.165, 1.54) is 5.56 Å². The zero-order valence-corrected chi connectivity index (χ0v) is 10.8. The molecule has 0 saturated heterocycles. The first-order valence-electron chi connectivity index (χ1n) is 6.02. The van der Waals surface area contributed by atoms with E-state index in [-0.39, 0.29) is 0 Å². The number of aromatic nitrogens is 1. The van der Waals surface area contributed by atoms with Gasteiger partial charge in [0.05, 0.1) is 0 Å². The van der Waals surface area contributed by atoms with Gasteiger partial charge in [0.15, 0.2) is 0 Å². The lowest BCUT2D eigenvalue weighted by molar-refractivity contribution is 0.659. The highest BCUT2D eigenvalue weighted by Gasteiger charge is 2.13. The number of nitrogens with two attached hydrogens (primary N) is 1. The molecule has 0 bridgehead atoms. The Bertz CT molecular complexity index is 334.